The highest BCUT2D eigenvalue weighted by Crippen LogP contribution is 2.17. The Labute approximate surface area is 127 Å². The third kappa shape index (κ3) is 3.63. The molecule has 1 amide bonds. The third-order valence-corrected chi connectivity index (χ3v) is 4.59. The van der Waals surface area contributed by atoms with E-state index in [0.717, 1.165) is 45.7 Å². The Morgan fingerprint density at radius 3 is 2.76 bits per heavy atom. The molecule has 0 aromatic heterocycles. The van der Waals surface area contributed by atoms with Crippen LogP contribution in [0.4, 0.5) is 0 Å². The van der Waals surface area contributed by atoms with Gasteiger partial charge in [-0.1, -0.05) is 29.8 Å². The lowest BCUT2D eigenvalue weighted by Gasteiger charge is -2.46. The van der Waals surface area contributed by atoms with Crippen LogP contribution in [0.15, 0.2) is 24.3 Å². The number of amides is 1. The molecule has 2 aliphatic rings. The van der Waals surface area contributed by atoms with Crippen molar-refractivity contribution in [2.75, 3.05) is 39.3 Å². The van der Waals surface area contributed by atoms with Gasteiger partial charge in [-0.05, 0) is 18.9 Å². The normalized spacial score (nSPS) is 20.3. The number of carbonyl (C=O) groups is 1. The molecule has 1 aromatic carbocycles. The van der Waals surface area contributed by atoms with E-state index >= 15 is 0 Å². The smallest absolute Gasteiger partial charge is 0.223 e. The fourth-order valence-electron chi connectivity index (χ4n) is 3.21. The minimum absolute atomic E-state index is 0.308. The van der Waals surface area contributed by atoms with E-state index in [1.165, 1.54) is 11.1 Å². The maximum Gasteiger partial charge on any atom is 0.223 e. The largest absolute Gasteiger partial charge is 0.339 e. The quantitative estimate of drug-likeness (QED) is 0.899. The van der Waals surface area contributed by atoms with Crippen LogP contribution in [0, 0.1) is 6.92 Å². The summed E-state index contributed by atoms with van der Waals surface area (Å²) in [6, 6.07) is 9.04. The average molecular weight is 287 g/mol. The molecular formula is C17H25N3O. The van der Waals surface area contributed by atoms with Crippen LogP contribution in [0.1, 0.15) is 17.5 Å². The zero-order chi connectivity index (χ0) is 14.7. The first-order valence-corrected chi connectivity index (χ1v) is 8.00. The van der Waals surface area contributed by atoms with Gasteiger partial charge in [0.2, 0.25) is 5.91 Å². The van der Waals surface area contributed by atoms with Crippen LogP contribution in [-0.4, -0.2) is 61.0 Å². The molecule has 2 heterocycles. The van der Waals surface area contributed by atoms with E-state index in [0.29, 0.717) is 18.4 Å². The third-order valence-electron chi connectivity index (χ3n) is 4.59. The van der Waals surface area contributed by atoms with Gasteiger partial charge in [0, 0.05) is 51.7 Å². The van der Waals surface area contributed by atoms with Gasteiger partial charge in [0.05, 0.1) is 0 Å². The first-order chi connectivity index (χ1) is 10.2. The van der Waals surface area contributed by atoms with Crippen LogP contribution >= 0.6 is 0 Å². The maximum atomic E-state index is 12.2. The SMILES string of the molecule is Cc1cccc(CCC(=O)N2CC(N3CCNCC3)C2)c1. The summed E-state index contributed by atoms with van der Waals surface area (Å²) < 4.78 is 0. The van der Waals surface area contributed by atoms with E-state index in [-0.39, 0.29) is 0 Å². The number of benzene rings is 1. The first kappa shape index (κ1) is 14.5. The molecule has 0 radical (unpaired) electrons. The van der Waals surface area contributed by atoms with Gasteiger partial charge in [0.25, 0.3) is 0 Å². The summed E-state index contributed by atoms with van der Waals surface area (Å²) in [6.45, 7) is 8.35. The van der Waals surface area contributed by atoms with E-state index < -0.39 is 0 Å². The van der Waals surface area contributed by atoms with Crippen molar-refractivity contribution in [2.45, 2.75) is 25.8 Å². The molecule has 2 fully saturated rings. The molecule has 4 heteroatoms. The van der Waals surface area contributed by atoms with Crippen molar-refractivity contribution in [1.29, 1.82) is 0 Å². The predicted molar refractivity (Wildman–Crippen MR) is 84.3 cm³/mol. The number of piperazine rings is 1. The van der Waals surface area contributed by atoms with Crippen LogP contribution in [0.2, 0.25) is 0 Å². The molecule has 1 N–H and O–H groups in total. The number of aryl methyl sites for hydroxylation is 2. The van der Waals surface area contributed by atoms with E-state index in [1.807, 2.05) is 4.90 Å². The van der Waals surface area contributed by atoms with Gasteiger partial charge in [-0.25, -0.2) is 0 Å². The van der Waals surface area contributed by atoms with Gasteiger partial charge in [-0.2, -0.15) is 0 Å². The van der Waals surface area contributed by atoms with Gasteiger partial charge in [-0.15, -0.1) is 0 Å². The summed E-state index contributed by atoms with van der Waals surface area (Å²) in [5, 5.41) is 3.37. The monoisotopic (exact) mass is 287 g/mol. The molecule has 21 heavy (non-hydrogen) atoms. The van der Waals surface area contributed by atoms with Crippen molar-refractivity contribution < 1.29 is 4.79 Å². The van der Waals surface area contributed by atoms with Crippen molar-refractivity contribution in [3.8, 4) is 0 Å². The number of hydrogen-bond donors (Lipinski definition) is 1. The van der Waals surface area contributed by atoms with E-state index in [1.54, 1.807) is 0 Å². The predicted octanol–water partition coefficient (Wildman–Crippen LogP) is 1.04. The minimum atomic E-state index is 0.308. The molecule has 2 aliphatic heterocycles. The van der Waals surface area contributed by atoms with Crippen LogP contribution in [0.25, 0.3) is 0 Å². The number of nitrogens with one attached hydrogen (secondary N) is 1. The second-order valence-electron chi connectivity index (χ2n) is 6.23. The summed E-state index contributed by atoms with van der Waals surface area (Å²) in [5.41, 5.74) is 2.53. The molecule has 0 unspecified atom stereocenters. The van der Waals surface area contributed by atoms with Crippen LogP contribution in [-0.2, 0) is 11.2 Å². The standard InChI is InChI=1S/C17H25N3O/c1-14-3-2-4-15(11-14)5-6-17(21)20-12-16(13-20)19-9-7-18-8-10-19/h2-4,11,16,18H,5-10,12-13H2,1H3. The lowest BCUT2D eigenvalue weighted by atomic mass is 10.0. The van der Waals surface area contributed by atoms with E-state index in [2.05, 4.69) is 41.4 Å². The molecule has 4 nitrogen and oxygen atoms in total. The lowest BCUT2D eigenvalue weighted by molar-refractivity contribution is -0.138. The van der Waals surface area contributed by atoms with E-state index in [9.17, 15) is 4.79 Å². The maximum absolute atomic E-state index is 12.2. The van der Waals surface area contributed by atoms with Crippen LogP contribution < -0.4 is 5.32 Å². The van der Waals surface area contributed by atoms with Gasteiger partial charge in [0.15, 0.2) is 0 Å². The van der Waals surface area contributed by atoms with Crippen molar-refractivity contribution in [3.63, 3.8) is 0 Å². The van der Waals surface area contributed by atoms with Crippen molar-refractivity contribution in [3.05, 3.63) is 35.4 Å². The minimum Gasteiger partial charge on any atom is -0.339 e. The topological polar surface area (TPSA) is 35.6 Å². The summed E-state index contributed by atoms with van der Waals surface area (Å²) >= 11 is 0. The Morgan fingerprint density at radius 2 is 2.05 bits per heavy atom. The summed E-state index contributed by atoms with van der Waals surface area (Å²) in [6.07, 6.45) is 1.49. The summed E-state index contributed by atoms with van der Waals surface area (Å²) in [7, 11) is 0. The molecule has 0 aliphatic carbocycles. The van der Waals surface area contributed by atoms with Crippen LogP contribution in [0.5, 0.6) is 0 Å². The molecular weight excluding hydrogens is 262 g/mol. The van der Waals surface area contributed by atoms with Crippen LogP contribution in [0.3, 0.4) is 0 Å². The summed E-state index contributed by atoms with van der Waals surface area (Å²) in [5.74, 6) is 0.308. The molecule has 2 saturated heterocycles. The van der Waals surface area contributed by atoms with Gasteiger partial charge in [-0.3, -0.25) is 9.69 Å². The zero-order valence-electron chi connectivity index (χ0n) is 12.8. The number of carbonyl (C=O) groups excluding carboxylic acids is 1. The van der Waals surface area contributed by atoms with E-state index in [4.69, 9.17) is 0 Å². The number of nitrogens with zero attached hydrogens (tertiary/aromatic N) is 2. The lowest BCUT2D eigenvalue weighted by Crippen LogP contribution is -2.63. The van der Waals surface area contributed by atoms with Gasteiger partial charge in [0.1, 0.15) is 0 Å². The highest BCUT2D eigenvalue weighted by Gasteiger charge is 2.34. The molecule has 0 spiro atoms. The Morgan fingerprint density at radius 1 is 1.29 bits per heavy atom. The Bertz CT molecular complexity index is 491. The van der Waals surface area contributed by atoms with Gasteiger partial charge >= 0.3 is 0 Å². The second kappa shape index (κ2) is 6.58. The molecule has 1 aromatic rings. The fraction of sp³-hybridized carbons (Fsp3) is 0.588. The Hall–Kier alpha value is -1.39. The molecule has 0 bridgehead atoms. The zero-order valence-corrected chi connectivity index (χ0v) is 12.8. The number of rotatable bonds is 4. The van der Waals surface area contributed by atoms with Crippen molar-refractivity contribution in [2.24, 2.45) is 0 Å². The fourth-order valence-corrected chi connectivity index (χ4v) is 3.21. The Kier molecular flexibility index (Phi) is 4.56. The molecule has 0 saturated carbocycles. The Balaban J connectivity index is 1.41. The average Bonchev–Trinajstić information content (AvgIpc) is 2.45. The van der Waals surface area contributed by atoms with Crippen molar-refractivity contribution in [1.82, 2.24) is 15.1 Å². The molecule has 0 atom stereocenters. The highest BCUT2D eigenvalue weighted by molar-refractivity contribution is 5.77. The highest BCUT2D eigenvalue weighted by atomic mass is 16.2. The van der Waals surface area contributed by atoms with Crippen molar-refractivity contribution >= 4 is 5.91 Å². The van der Waals surface area contributed by atoms with Gasteiger partial charge < -0.3 is 10.2 Å². The second-order valence-corrected chi connectivity index (χ2v) is 6.23. The summed E-state index contributed by atoms with van der Waals surface area (Å²) in [4.78, 5) is 16.7. The molecule has 3 rings (SSSR count). The number of hydrogen-bond acceptors (Lipinski definition) is 3. The molecule has 114 valence electrons. The first-order valence-electron chi connectivity index (χ1n) is 8.00. The number of likely N-dealkylation sites (tertiary alicyclic amines) is 1.